The van der Waals surface area contributed by atoms with Crippen LogP contribution in [0.5, 0.6) is 5.75 Å². The molecule has 2 aromatic heterocycles. The van der Waals surface area contributed by atoms with Crippen LogP contribution in [-0.2, 0) is 25.3 Å². The topological polar surface area (TPSA) is 95.2 Å². The van der Waals surface area contributed by atoms with Crippen molar-refractivity contribution >= 4 is 22.6 Å². The van der Waals surface area contributed by atoms with E-state index in [9.17, 15) is 18.8 Å². The van der Waals surface area contributed by atoms with Crippen molar-refractivity contribution in [3.63, 3.8) is 0 Å². The number of hydrogen-bond acceptors (Lipinski definition) is 5. The Balaban J connectivity index is 1.98. The highest BCUT2D eigenvalue weighted by atomic mass is 19.1. The van der Waals surface area contributed by atoms with E-state index in [-0.39, 0.29) is 17.6 Å². The van der Waals surface area contributed by atoms with E-state index in [2.05, 4.69) is 10.3 Å². The van der Waals surface area contributed by atoms with E-state index in [0.717, 1.165) is 11.0 Å². The Hall–Kier alpha value is -3.49. The minimum Gasteiger partial charge on any atom is -0.484 e. The largest absolute Gasteiger partial charge is 0.484 e. The molecule has 0 aliphatic rings. The molecule has 3 aromatic rings. The summed E-state index contributed by atoms with van der Waals surface area (Å²) in [5.41, 5.74) is 0.151. The SMILES string of the molecule is CCCc1cnc2c(c1NC(=O)COc1ccc(F)cc1)c(=O)n(C)c(=O)n2C. The highest BCUT2D eigenvalue weighted by Gasteiger charge is 2.19. The van der Waals surface area contributed by atoms with Gasteiger partial charge in [0, 0.05) is 20.3 Å². The van der Waals surface area contributed by atoms with Gasteiger partial charge in [-0.05, 0) is 36.2 Å². The van der Waals surface area contributed by atoms with Gasteiger partial charge in [-0.3, -0.25) is 18.7 Å². The van der Waals surface area contributed by atoms with Crippen LogP contribution in [0.3, 0.4) is 0 Å². The molecule has 1 aromatic carbocycles. The number of pyridine rings is 1. The number of ether oxygens (including phenoxy) is 1. The molecule has 0 bridgehead atoms. The summed E-state index contributed by atoms with van der Waals surface area (Å²) in [7, 11) is 2.89. The normalized spacial score (nSPS) is 10.9. The van der Waals surface area contributed by atoms with Gasteiger partial charge in [-0.1, -0.05) is 13.3 Å². The zero-order valence-corrected chi connectivity index (χ0v) is 16.4. The summed E-state index contributed by atoms with van der Waals surface area (Å²) in [5, 5.41) is 2.89. The average molecular weight is 400 g/mol. The van der Waals surface area contributed by atoms with Crippen LogP contribution in [0.15, 0.2) is 40.1 Å². The molecule has 8 nitrogen and oxygen atoms in total. The first-order chi connectivity index (χ1) is 13.8. The molecule has 0 aliphatic carbocycles. The first-order valence-electron chi connectivity index (χ1n) is 9.09. The number of anilines is 1. The minimum atomic E-state index is -0.539. The summed E-state index contributed by atoms with van der Waals surface area (Å²) in [6.07, 6.45) is 2.92. The average Bonchev–Trinajstić information content (AvgIpc) is 2.71. The number of carbonyl (C=O) groups excluding carboxylic acids is 1. The summed E-state index contributed by atoms with van der Waals surface area (Å²) in [5.74, 6) is -0.556. The zero-order valence-electron chi connectivity index (χ0n) is 16.4. The van der Waals surface area contributed by atoms with E-state index in [0.29, 0.717) is 23.4 Å². The van der Waals surface area contributed by atoms with Gasteiger partial charge >= 0.3 is 5.69 Å². The lowest BCUT2D eigenvalue weighted by atomic mass is 10.1. The van der Waals surface area contributed by atoms with Gasteiger partial charge in [-0.25, -0.2) is 14.2 Å². The highest BCUT2D eigenvalue weighted by molar-refractivity contribution is 6.01. The number of carbonyl (C=O) groups is 1. The van der Waals surface area contributed by atoms with Crippen molar-refractivity contribution < 1.29 is 13.9 Å². The molecule has 0 spiro atoms. The Bertz CT molecular complexity index is 1180. The van der Waals surface area contributed by atoms with Crippen molar-refractivity contribution in [1.82, 2.24) is 14.1 Å². The fourth-order valence-electron chi connectivity index (χ4n) is 3.02. The van der Waals surface area contributed by atoms with Crippen molar-refractivity contribution in [1.29, 1.82) is 0 Å². The molecule has 9 heteroatoms. The quantitative estimate of drug-likeness (QED) is 0.680. The predicted octanol–water partition coefficient (Wildman–Crippen LogP) is 1.74. The fraction of sp³-hybridized carbons (Fsp3) is 0.300. The summed E-state index contributed by atoms with van der Waals surface area (Å²) in [6, 6.07) is 5.29. The molecule has 0 aliphatic heterocycles. The Morgan fingerprint density at radius 1 is 1.17 bits per heavy atom. The van der Waals surface area contributed by atoms with E-state index < -0.39 is 23.0 Å². The van der Waals surface area contributed by atoms with Crippen molar-refractivity contribution in [3.8, 4) is 5.75 Å². The van der Waals surface area contributed by atoms with Crippen LogP contribution in [-0.4, -0.2) is 26.6 Å². The first-order valence-corrected chi connectivity index (χ1v) is 9.09. The summed E-state index contributed by atoms with van der Waals surface area (Å²) in [4.78, 5) is 41.7. The molecule has 0 unspecified atom stereocenters. The standard InChI is InChI=1S/C20H21FN4O4/c1-4-5-12-10-22-18-16(19(27)25(3)20(28)24(18)2)17(12)23-15(26)11-29-14-8-6-13(21)7-9-14/h6-10H,4-5,11H2,1-3H3,(H,22,23,26). The van der Waals surface area contributed by atoms with E-state index in [4.69, 9.17) is 4.74 Å². The number of aryl methyl sites for hydroxylation is 2. The van der Waals surface area contributed by atoms with Crippen LogP contribution in [0.1, 0.15) is 18.9 Å². The van der Waals surface area contributed by atoms with Crippen LogP contribution in [0.2, 0.25) is 0 Å². The Morgan fingerprint density at radius 2 is 1.86 bits per heavy atom. The van der Waals surface area contributed by atoms with Gasteiger partial charge in [0.05, 0.1) is 5.69 Å². The number of nitrogens with zero attached hydrogens (tertiary/aromatic N) is 3. The molecule has 0 saturated carbocycles. The molecule has 1 amide bonds. The number of rotatable bonds is 6. The summed E-state index contributed by atoms with van der Waals surface area (Å²) < 4.78 is 20.6. The van der Waals surface area contributed by atoms with E-state index >= 15 is 0 Å². The maximum absolute atomic E-state index is 13.0. The second-order valence-corrected chi connectivity index (χ2v) is 6.60. The van der Waals surface area contributed by atoms with Gasteiger partial charge in [0.25, 0.3) is 11.5 Å². The highest BCUT2D eigenvalue weighted by Crippen LogP contribution is 2.24. The van der Waals surface area contributed by atoms with Gasteiger partial charge < -0.3 is 10.1 Å². The first kappa shape index (κ1) is 20.2. The number of amides is 1. The number of halogens is 1. The van der Waals surface area contributed by atoms with E-state index in [1.807, 2.05) is 6.92 Å². The van der Waals surface area contributed by atoms with Gasteiger partial charge in [-0.15, -0.1) is 0 Å². The summed E-state index contributed by atoms with van der Waals surface area (Å²) in [6.45, 7) is 1.64. The molecule has 0 atom stereocenters. The Labute approximate surface area is 165 Å². The fourth-order valence-corrected chi connectivity index (χ4v) is 3.02. The van der Waals surface area contributed by atoms with Crippen LogP contribution >= 0.6 is 0 Å². The number of nitrogens with one attached hydrogen (secondary N) is 1. The van der Waals surface area contributed by atoms with Crippen molar-refractivity contribution in [2.24, 2.45) is 14.1 Å². The second-order valence-electron chi connectivity index (χ2n) is 6.60. The third kappa shape index (κ3) is 4.03. The maximum atomic E-state index is 13.0. The lowest BCUT2D eigenvalue weighted by Gasteiger charge is -2.15. The molecule has 3 rings (SSSR count). The van der Waals surface area contributed by atoms with E-state index in [1.54, 1.807) is 6.20 Å². The molecule has 0 fully saturated rings. The van der Waals surface area contributed by atoms with Crippen molar-refractivity contribution in [2.45, 2.75) is 19.8 Å². The molecule has 1 N–H and O–H groups in total. The van der Waals surface area contributed by atoms with Crippen molar-refractivity contribution in [2.75, 3.05) is 11.9 Å². The third-order valence-corrected chi connectivity index (χ3v) is 4.51. The number of fused-ring (bicyclic) bond motifs is 1. The molecule has 2 heterocycles. The number of benzene rings is 1. The monoisotopic (exact) mass is 400 g/mol. The third-order valence-electron chi connectivity index (χ3n) is 4.51. The van der Waals surface area contributed by atoms with Gasteiger partial charge in [0.15, 0.2) is 12.3 Å². The molecule has 0 saturated heterocycles. The minimum absolute atomic E-state index is 0.163. The van der Waals surface area contributed by atoms with Crippen LogP contribution in [0.4, 0.5) is 10.1 Å². The molecular weight excluding hydrogens is 379 g/mol. The molecule has 0 radical (unpaired) electrons. The smallest absolute Gasteiger partial charge is 0.332 e. The molecule has 29 heavy (non-hydrogen) atoms. The number of aromatic nitrogens is 3. The van der Waals surface area contributed by atoms with Crippen LogP contribution in [0.25, 0.3) is 11.0 Å². The predicted molar refractivity (Wildman–Crippen MR) is 107 cm³/mol. The number of hydrogen-bond donors (Lipinski definition) is 1. The zero-order chi connectivity index (χ0) is 21.1. The lowest BCUT2D eigenvalue weighted by Crippen LogP contribution is -2.38. The Kier molecular flexibility index (Phi) is 5.76. The maximum Gasteiger partial charge on any atom is 0.332 e. The Morgan fingerprint density at radius 3 is 2.52 bits per heavy atom. The molecular formula is C20H21FN4O4. The van der Waals surface area contributed by atoms with Crippen molar-refractivity contribution in [3.05, 3.63) is 62.7 Å². The van der Waals surface area contributed by atoms with E-state index in [1.165, 1.54) is 42.9 Å². The lowest BCUT2D eigenvalue weighted by molar-refractivity contribution is -0.118. The van der Waals surface area contributed by atoms with Gasteiger partial charge in [-0.2, -0.15) is 0 Å². The van der Waals surface area contributed by atoms with Gasteiger partial charge in [0.2, 0.25) is 0 Å². The van der Waals surface area contributed by atoms with Crippen LogP contribution in [0, 0.1) is 5.82 Å². The molecule has 152 valence electrons. The second kappa shape index (κ2) is 8.26. The summed E-state index contributed by atoms with van der Waals surface area (Å²) >= 11 is 0. The van der Waals surface area contributed by atoms with Crippen LogP contribution < -0.4 is 21.3 Å². The van der Waals surface area contributed by atoms with Gasteiger partial charge in [0.1, 0.15) is 17.0 Å².